The third kappa shape index (κ3) is 3.14. The van der Waals surface area contributed by atoms with Crippen LogP contribution in [0.2, 0.25) is 0 Å². The molecule has 0 N–H and O–H groups in total. The SMILES string of the molecule is CC1CCC(Cn2cnc(-c3ccc(I)cc3)n2)O1. The summed E-state index contributed by atoms with van der Waals surface area (Å²) in [6.45, 7) is 2.92. The summed E-state index contributed by atoms with van der Waals surface area (Å²) in [6, 6.07) is 8.24. The summed E-state index contributed by atoms with van der Waals surface area (Å²) < 4.78 is 8.91. The van der Waals surface area contributed by atoms with Gasteiger partial charge in [0.1, 0.15) is 6.33 Å². The molecular weight excluding hydrogens is 353 g/mol. The molecular formula is C14H16IN3O. The van der Waals surface area contributed by atoms with Gasteiger partial charge in [-0.25, -0.2) is 9.67 Å². The Morgan fingerprint density at radius 2 is 2.11 bits per heavy atom. The predicted molar refractivity (Wildman–Crippen MR) is 81.7 cm³/mol. The average Bonchev–Trinajstić information content (AvgIpc) is 3.00. The van der Waals surface area contributed by atoms with Crippen LogP contribution in [0.4, 0.5) is 0 Å². The summed E-state index contributed by atoms with van der Waals surface area (Å²) >= 11 is 2.29. The molecule has 1 aliphatic heterocycles. The maximum Gasteiger partial charge on any atom is 0.181 e. The second kappa shape index (κ2) is 5.58. The number of rotatable bonds is 3. The summed E-state index contributed by atoms with van der Waals surface area (Å²) in [7, 11) is 0. The molecule has 2 aromatic rings. The van der Waals surface area contributed by atoms with E-state index >= 15 is 0 Å². The summed E-state index contributed by atoms with van der Waals surface area (Å²) in [5.74, 6) is 0.780. The molecule has 0 spiro atoms. The molecule has 2 unspecified atom stereocenters. The van der Waals surface area contributed by atoms with Crippen LogP contribution in [0.15, 0.2) is 30.6 Å². The lowest BCUT2D eigenvalue weighted by Gasteiger charge is -2.10. The van der Waals surface area contributed by atoms with E-state index in [0.717, 1.165) is 30.8 Å². The average molecular weight is 369 g/mol. The van der Waals surface area contributed by atoms with E-state index in [-0.39, 0.29) is 6.10 Å². The molecule has 1 fully saturated rings. The van der Waals surface area contributed by atoms with E-state index in [4.69, 9.17) is 4.74 Å². The molecule has 0 radical (unpaired) electrons. The zero-order valence-corrected chi connectivity index (χ0v) is 12.9. The molecule has 1 aromatic heterocycles. The number of hydrogen-bond acceptors (Lipinski definition) is 3. The Hall–Kier alpha value is -0.950. The Labute approximate surface area is 126 Å². The highest BCUT2D eigenvalue weighted by atomic mass is 127. The highest BCUT2D eigenvalue weighted by molar-refractivity contribution is 14.1. The van der Waals surface area contributed by atoms with Crippen molar-refractivity contribution in [1.82, 2.24) is 14.8 Å². The Morgan fingerprint density at radius 1 is 1.32 bits per heavy atom. The first-order valence-electron chi connectivity index (χ1n) is 6.51. The molecule has 0 bridgehead atoms. The van der Waals surface area contributed by atoms with Crippen LogP contribution < -0.4 is 0 Å². The largest absolute Gasteiger partial charge is 0.373 e. The first-order chi connectivity index (χ1) is 9.20. The van der Waals surface area contributed by atoms with Gasteiger partial charge in [0.15, 0.2) is 5.82 Å². The quantitative estimate of drug-likeness (QED) is 0.781. The van der Waals surface area contributed by atoms with E-state index < -0.39 is 0 Å². The van der Waals surface area contributed by atoms with Gasteiger partial charge in [-0.2, -0.15) is 5.10 Å². The smallest absolute Gasteiger partial charge is 0.181 e. The highest BCUT2D eigenvalue weighted by Crippen LogP contribution is 2.21. The topological polar surface area (TPSA) is 39.9 Å². The minimum atomic E-state index is 0.279. The van der Waals surface area contributed by atoms with Gasteiger partial charge in [-0.05, 0) is 54.5 Å². The molecule has 0 amide bonds. The predicted octanol–water partition coefficient (Wildman–Crippen LogP) is 3.12. The number of hydrogen-bond donors (Lipinski definition) is 0. The molecule has 19 heavy (non-hydrogen) atoms. The molecule has 5 heteroatoms. The molecule has 1 aromatic carbocycles. The van der Waals surface area contributed by atoms with E-state index in [1.54, 1.807) is 6.33 Å². The minimum absolute atomic E-state index is 0.279. The second-order valence-electron chi connectivity index (χ2n) is 4.94. The second-order valence-corrected chi connectivity index (χ2v) is 6.19. The lowest BCUT2D eigenvalue weighted by Crippen LogP contribution is -2.16. The van der Waals surface area contributed by atoms with Gasteiger partial charge >= 0.3 is 0 Å². The number of aromatic nitrogens is 3. The summed E-state index contributed by atoms with van der Waals surface area (Å²) in [5.41, 5.74) is 1.06. The lowest BCUT2D eigenvalue weighted by atomic mass is 10.2. The molecule has 2 atom stereocenters. The Bertz CT molecular complexity index is 552. The molecule has 3 rings (SSSR count). The maximum atomic E-state index is 5.81. The van der Waals surface area contributed by atoms with E-state index in [2.05, 4.69) is 63.9 Å². The monoisotopic (exact) mass is 369 g/mol. The van der Waals surface area contributed by atoms with E-state index in [0.29, 0.717) is 6.10 Å². The third-order valence-corrected chi connectivity index (χ3v) is 4.07. The van der Waals surface area contributed by atoms with Gasteiger partial charge in [0.25, 0.3) is 0 Å². The van der Waals surface area contributed by atoms with Crippen molar-refractivity contribution >= 4 is 22.6 Å². The van der Waals surface area contributed by atoms with Crippen LogP contribution in [0, 0.1) is 3.57 Å². The molecule has 0 saturated carbocycles. The standard InChI is InChI=1S/C14H16IN3O/c1-10-2-7-13(19-10)8-18-9-16-14(17-18)11-3-5-12(15)6-4-11/h3-6,9-10,13H,2,7-8H2,1H3. The normalized spacial score (nSPS) is 22.8. The van der Waals surface area contributed by atoms with Crippen molar-refractivity contribution in [2.75, 3.05) is 0 Å². The molecule has 2 heterocycles. The molecule has 1 saturated heterocycles. The summed E-state index contributed by atoms with van der Waals surface area (Å²) in [5, 5.41) is 4.52. The Morgan fingerprint density at radius 3 is 2.79 bits per heavy atom. The van der Waals surface area contributed by atoms with Gasteiger partial charge in [0.05, 0.1) is 18.8 Å². The van der Waals surface area contributed by atoms with Gasteiger partial charge in [-0.15, -0.1) is 0 Å². The van der Waals surface area contributed by atoms with Crippen molar-refractivity contribution in [2.24, 2.45) is 0 Å². The Balaban J connectivity index is 1.71. The zero-order chi connectivity index (χ0) is 13.2. The highest BCUT2D eigenvalue weighted by Gasteiger charge is 2.22. The van der Waals surface area contributed by atoms with Crippen molar-refractivity contribution in [2.45, 2.75) is 38.5 Å². The van der Waals surface area contributed by atoms with Crippen LogP contribution in [-0.2, 0) is 11.3 Å². The fourth-order valence-corrected chi connectivity index (χ4v) is 2.70. The van der Waals surface area contributed by atoms with E-state index in [1.807, 2.05) is 4.68 Å². The summed E-state index contributed by atoms with van der Waals surface area (Å²) in [6.07, 6.45) is 4.70. The van der Waals surface area contributed by atoms with Gasteiger partial charge in [0, 0.05) is 9.13 Å². The number of nitrogens with zero attached hydrogens (tertiary/aromatic N) is 3. The molecule has 1 aliphatic rings. The number of halogens is 1. The van der Waals surface area contributed by atoms with Crippen LogP contribution in [0.25, 0.3) is 11.4 Å². The van der Waals surface area contributed by atoms with Gasteiger partial charge < -0.3 is 4.74 Å². The third-order valence-electron chi connectivity index (χ3n) is 3.35. The first kappa shape index (κ1) is 13.1. The number of ether oxygens (including phenoxy) is 1. The van der Waals surface area contributed by atoms with Crippen LogP contribution in [0.3, 0.4) is 0 Å². The van der Waals surface area contributed by atoms with Crippen LogP contribution in [0.5, 0.6) is 0 Å². The Kier molecular flexibility index (Phi) is 3.83. The first-order valence-corrected chi connectivity index (χ1v) is 7.59. The fraction of sp³-hybridized carbons (Fsp3) is 0.429. The van der Waals surface area contributed by atoms with E-state index in [9.17, 15) is 0 Å². The zero-order valence-electron chi connectivity index (χ0n) is 10.8. The fourth-order valence-electron chi connectivity index (χ4n) is 2.34. The van der Waals surface area contributed by atoms with E-state index in [1.165, 1.54) is 3.57 Å². The van der Waals surface area contributed by atoms with Gasteiger partial charge in [0.2, 0.25) is 0 Å². The van der Waals surface area contributed by atoms with Crippen molar-refractivity contribution in [3.8, 4) is 11.4 Å². The van der Waals surface area contributed by atoms with Crippen LogP contribution in [-0.4, -0.2) is 27.0 Å². The van der Waals surface area contributed by atoms with Crippen molar-refractivity contribution in [3.05, 3.63) is 34.2 Å². The van der Waals surface area contributed by atoms with Gasteiger partial charge in [-0.3, -0.25) is 0 Å². The van der Waals surface area contributed by atoms with Crippen molar-refractivity contribution in [3.63, 3.8) is 0 Å². The lowest BCUT2D eigenvalue weighted by molar-refractivity contribution is 0.0437. The van der Waals surface area contributed by atoms with Crippen LogP contribution >= 0.6 is 22.6 Å². The van der Waals surface area contributed by atoms with Crippen molar-refractivity contribution < 1.29 is 4.74 Å². The van der Waals surface area contributed by atoms with Gasteiger partial charge in [-0.1, -0.05) is 12.1 Å². The maximum absolute atomic E-state index is 5.81. The minimum Gasteiger partial charge on any atom is -0.373 e. The van der Waals surface area contributed by atoms with Crippen LogP contribution in [0.1, 0.15) is 19.8 Å². The molecule has 4 nitrogen and oxygen atoms in total. The number of benzene rings is 1. The summed E-state index contributed by atoms with van der Waals surface area (Å²) in [4.78, 5) is 4.37. The molecule has 100 valence electrons. The molecule has 0 aliphatic carbocycles. The van der Waals surface area contributed by atoms with Crippen molar-refractivity contribution in [1.29, 1.82) is 0 Å².